The van der Waals surface area contributed by atoms with Gasteiger partial charge >= 0.3 is 0 Å². The van der Waals surface area contributed by atoms with E-state index in [1.54, 1.807) is 4.52 Å². The van der Waals surface area contributed by atoms with Crippen molar-refractivity contribution >= 4 is 38.7 Å². The molecule has 0 aliphatic rings. The number of nitrogens with one attached hydrogen (secondary N) is 1. The van der Waals surface area contributed by atoms with Gasteiger partial charge in [0.15, 0.2) is 12.4 Å². The Balaban J connectivity index is 1.30. The summed E-state index contributed by atoms with van der Waals surface area (Å²) in [7, 11) is 0. The number of anilines is 1. The number of ether oxygens (including phenoxy) is 1. The summed E-state index contributed by atoms with van der Waals surface area (Å²) in [5, 5.41) is 18.9. The van der Waals surface area contributed by atoms with Crippen molar-refractivity contribution in [1.82, 2.24) is 19.8 Å². The third kappa shape index (κ3) is 3.92. The van der Waals surface area contributed by atoms with Gasteiger partial charge in [-0.3, -0.25) is 4.79 Å². The van der Waals surface area contributed by atoms with Gasteiger partial charge < -0.3 is 10.1 Å². The van der Waals surface area contributed by atoms with Crippen molar-refractivity contribution < 1.29 is 9.53 Å². The van der Waals surface area contributed by atoms with Crippen molar-refractivity contribution in [3.63, 3.8) is 0 Å². The Hall–Kier alpha value is -3.78. The molecule has 1 amide bonds. The lowest BCUT2D eigenvalue weighted by molar-refractivity contribution is -0.118. The molecule has 1 N–H and O–H groups in total. The van der Waals surface area contributed by atoms with Crippen molar-refractivity contribution in [2.24, 2.45) is 0 Å². The number of fused-ring (bicyclic) bond motifs is 2. The van der Waals surface area contributed by atoms with Crippen molar-refractivity contribution in [2.75, 3.05) is 11.9 Å². The van der Waals surface area contributed by atoms with Gasteiger partial charge in [0.2, 0.25) is 4.96 Å². The maximum atomic E-state index is 12.6. The van der Waals surface area contributed by atoms with E-state index in [9.17, 15) is 4.79 Å². The van der Waals surface area contributed by atoms with Crippen molar-refractivity contribution in [3.8, 4) is 16.3 Å². The maximum Gasteiger partial charge on any atom is 0.262 e. The number of benzene rings is 3. The van der Waals surface area contributed by atoms with E-state index in [2.05, 4.69) is 20.6 Å². The summed E-state index contributed by atoms with van der Waals surface area (Å²) < 4.78 is 7.49. The molecular formula is C24H21N5O2S. The zero-order valence-corrected chi connectivity index (χ0v) is 18.5. The Labute approximate surface area is 188 Å². The Kier molecular flexibility index (Phi) is 5.28. The predicted molar refractivity (Wildman–Crippen MR) is 126 cm³/mol. The first kappa shape index (κ1) is 20.1. The van der Waals surface area contributed by atoms with Crippen LogP contribution in [0.1, 0.15) is 18.3 Å². The van der Waals surface area contributed by atoms with Gasteiger partial charge in [-0.15, -0.1) is 10.2 Å². The van der Waals surface area contributed by atoms with Gasteiger partial charge in [-0.2, -0.15) is 9.61 Å². The lowest BCUT2D eigenvalue weighted by atomic mass is 10.1. The summed E-state index contributed by atoms with van der Waals surface area (Å²) in [6.45, 7) is 3.91. The summed E-state index contributed by atoms with van der Waals surface area (Å²) in [6.07, 6.45) is 0.761. The maximum absolute atomic E-state index is 12.6. The number of hydrogen-bond donors (Lipinski definition) is 1. The molecule has 5 rings (SSSR count). The van der Waals surface area contributed by atoms with Crippen LogP contribution in [0.4, 0.5) is 5.69 Å². The van der Waals surface area contributed by atoms with Crippen LogP contribution in [0.5, 0.6) is 5.75 Å². The Morgan fingerprint density at radius 1 is 1.06 bits per heavy atom. The second-order valence-corrected chi connectivity index (χ2v) is 8.40. The highest BCUT2D eigenvalue weighted by Gasteiger charge is 2.14. The number of carbonyl (C=O) groups excluding carboxylic acids is 1. The van der Waals surface area contributed by atoms with Gasteiger partial charge in [-0.05, 0) is 41.5 Å². The van der Waals surface area contributed by atoms with E-state index in [0.717, 1.165) is 49.8 Å². The quantitative estimate of drug-likeness (QED) is 0.404. The van der Waals surface area contributed by atoms with Gasteiger partial charge in [0.25, 0.3) is 5.91 Å². The van der Waals surface area contributed by atoms with Crippen LogP contribution in [0.25, 0.3) is 26.3 Å². The topological polar surface area (TPSA) is 81.4 Å². The molecular weight excluding hydrogens is 422 g/mol. The van der Waals surface area contributed by atoms with E-state index >= 15 is 0 Å². The number of amides is 1. The normalized spacial score (nSPS) is 11.2. The van der Waals surface area contributed by atoms with Crippen LogP contribution in [-0.4, -0.2) is 32.3 Å². The third-order valence-electron chi connectivity index (χ3n) is 5.22. The molecule has 0 unspecified atom stereocenters. The monoisotopic (exact) mass is 443 g/mol. The molecule has 160 valence electrons. The molecule has 0 radical (unpaired) electrons. The second kappa shape index (κ2) is 8.39. The molecule has 32 heavy (non-hydrogen) atoms. The highest BCUT2D eigenvalue weighted by atomic mass is 32.1. The molecule has 8 heteroatoms. The first-order chi connectivity index (χ1) is 15.6. The van der Waals surface area contributed by atoms with Gasteiger partial charge in [0, 0.05) is 17.7 Å². The molecule has 0 aliphatic carbocycles. The molecule has 5 aromatic rings. The van der Waals surface area contributed by atoms with E-state index in [0.29, 0.717) is 5.75 Å². The van der Waals surface area contributed by atoms with Crippen molar-refractivity contribution in [1.29, 1.82) is 0 Å². The smallest absolute Gasteiger partial charge is 0.262 e. The Morgan fingerprint density at radius 3 is 2.75 bits per heavy atom. The molecule has 0 saturated heterocycles. The van der Waals surface area contributed by atoms with Crippen LogP contribution in [-0.2, 0) is 11.2 Å². The summed E-state index contributed by atoms with van der Waals surface area (Å²) in [4.78, 5) is 13.3. The zero-order chi connectivity index (χ0) is 22.1. The molecule has 0 atom stereocenters. The van der Waals surface area contributed by atoms with Crippen molar-refractivity contribution in [3.05, 3.63) is 72.1 Å². The minimum atomic E-state index is -0.218. The van der Waals surface area contributed by atoms with Gasteiger partial charge in [-0.1, -0.05) is 60.7 Å². The minimum Gasteiger partial charge on any atom is -0.484 e. The SMILES string of the molecule is CCc1nnc2sc(-c3ccc(C)c(NC(=O)COc4ccc5ccccc5c4)c3)nn12. The number of aryl methyl sites for hydroxylation is 2. The lowest BCUT2D eigenvalue weighted by Gasteiger charge is -2.11. The van der Waals surface area contributed by atoms with E-state index in [4.69, 9.17) is 4.74 Å². The van der Waals surface area contributed by atoms with Crippen LogP contribution in [0, 0.1) is 6.92 Å². The summed E-state index contributed by atoms with van der Waals surface area (Å²) in [6, 6.07) is 19.7. The minimum absolute atomic E-state index is 0.0708. The van der Waals surface area contributed by atoms with E-state index in [-0.39, 0.29) is 12.5 Å². The molecule has 0 saturated carbocycles. The average Bonchev–Trinajstić information content (AvgIpc) is 3.40. The molecule has 0 spiro atoms. The predicted octanol–water partition coefficient (Wildman–Crippen LogP) is 4.89. The molecule has 3 aromatic carbocycles. The number of carbonyl (C=O) groups is 1. The van der Waals surface area contributed by atoms with Crippen molar-refractivity contribution in [2.45, 2.75) is 20.3 Å². The molecule has 0 fully saturated rings. The first-order valence-corrected chi connectivity index (χ1v) is 11.2. The zero-order valence-electron chi connectivity index (χ0n) is 17.7. The fourth-order valence-corrected chi connectivity index (χ4v) is 4.33. The molecule has 2 aromatic heterocycles. The molecule has 2 heterocycles. The number of rotatable bonds is 6. The highest BCUT2D eigenvalue weighted by Crippen LogP contribution is 2.29. The second-order valence-electron chi connectivity index (χ2n) is 7.45. The van der Waals surface area contributed by atoms with Crippen LogP contribution in [0.2, 0.25) is 0 Å². The molecule has 0 aliphatic heterocycles. The van der Waals surface area contributed by atoms with E-state index in [1.165, 1.54) is 11.3 Å². The number of hydrogen-bond acceptors (Lipinski definition) is 6. The standard InChI is InChI=1S/C24H21N5O2S/c1-3-21-26-27-24-29(21)28-23(32-24)18-9-8-15(2)20(13-18)25-22(30)14-31-19-11-10-16-6-4-5-7-17(16)12-19/h4-13H,3,14H2,1-2H3,(H,25,30). The molecule has 7 nitrogen and oxygen atoms in total. The first-order valence-electron chi connectivity index (χ1n) is 10.3. The van der Waals surface area contributed by atoms with Crippen LogP contribution < -0.4 is 10.1 Å². The van der Waals surface area contributed by atoms with E-state index in [1.807, 2.05) is 74.5 Å². The summed E-state index contributed by atoms with van der Waals surface area (Å²) in [5.41, 5.74) is 2.61. The van der Waals surface area contributed by atoms with Gasteiger partial charge in [0.05, 0.1) is 0 Å². The summed E-state index contributed by atoms with van der Waals surface area (Å²) >= 11 is 1.47. The Morgan fingerprint density at radius 2 is 1.91 bits per heavy atom. The van der Waals surface area contributed by atoms with Gasteiger partial charge in [-0.25, -0.2) is 0 Å². The highest BCUT2D eigenvalue weighted by molar-refractivity contribution is 7.19. The number of nitrogens with zero attached hydrogens (tertiary/aromatic N) is 4. The van der Waals surface area contributed by atoms with Crippen LogP contribution in [0.15, 0.2) is 60.7 Å². The average molecular weight is 444 g/mol. The van der Waals surface area contributed by atoms with Crippen LogP contribution >= 0.6 is 11.3 Å². The Bertz CT molecular complexity index is 1440. The van der Waals surface area contributed by atoms with Gasteiger partial charge in [0.1, 0.15) is 10.8 Å². The number of aromatic nitrogens is 4. The summed E-state index contributed by atoms with van der Waals surface area (Å²) in [5.74, 6) is 1.27. The fraction of sp³-hybridized carbons (Fsp3) is 0.167. The largest absolute Gasteiger partial charge is 0.484 e. The molecule has 0 bridgehead atoms. The fourth-order valence-electron chi connectivity index (χ4n) is 3.48. The van der Waals surface area contributed by atoms with Crippen LogP contribution in [0.3, 0.4) is 0 Å². The lowest BCUT2D eigenvalue weighted by Crippen LogP contribution is -2.20. The van der Waals surface area contributed by atoms with E-state index < -0.39 is 0 Å². The third-order valence-corrected chi connectivity index (χ3v) is 6.17.